The van der Waals surface area contributed by atoms with E-state index in [0.29, 0.717) is 6.54 Å². The fourth-order valence-electron chi connectivity index (χ4n) is 2.02. The Kier molecular flexibility index (Phi) is 4.40. The van der Waals surface area contributed by atoms with Gasteiger partial charge in [-0.25, -0.2) is 9.97 Å². The molecule has 1 heterocycles. The number of ether oxygens (including phenoxy) is 1. The molecular weight excluding hydrogens is 252 g/mol. The van der Waals surface area contributed by atoms with Crippen LogP contribution in [0.25, 0.3) is 0 Å². The average molecular weight is 272 g/mol. The minimum atomic E-state index is 0.605. The van der Waals surface area contributed by atoms with Crippen molar-refractivity contribution in [2.45, 2.75) is 26.8 Å². The number of hydrogen-bond donors (Lipinski definition) is 2. The Morgan fingerprint density at radius 2 is 2.05 bits per heavy atom. The van der Waals surface area contributed by atoms with Crippen molar-refractivity contribution >= 4 is 11.5 Å². The van der Waals surface area contributed by atoms with Gasteiger partial charge in [-0.05, 0) is 31.5 Å². The number of nitrogen functional groups attached to an aromatic ring is 1. The quantitative estimate of drug-likeness (QED) is 0.818. The second-order valence-corrected chi connectivity index (χ2v) is 4.57. The van der Waals surface area contributed by atoms with Gasteiger partial charge in [-0.1, -0.05) is 6.92 Å². The summed E-state index contributed by atoms with van der Waals surface area (Å²) < 4.78 is 5.33. The Bertz CT molecular complexity index is 598. The van der Waals surface area contributed by atoms with E-state index in [1.807, 2.05) is 31.2 Å². The van der Waals surface area contributed by atoms with Crippen LogP contribution in [0.3, 0.4) is 0 Å². The lowest BCUT2D eigenvalue weighted by atomic mass is 10.1. The van der Waals surface area contributed by atoms with E-state index in [1.54, 1.807) is 7.11 Å². The number of nitrogens with zero attached hydrogens (tertiary/aromatic N) is 2. The molecule has 0 bridgehead atoms. The Labute approximate surface area is 119 Å². The fourth-order valence-corrected chi connectivity index (χ4v) is 2.02. The summed E-state index contributed by atoms with van der Waals surface area (Å²) in [6.45, 7) is 4.58. The first kappa shape index (κ1) is 14.1. The van der Waals surface area contributed by atoms with E-state index >= 15 is 0 Å². The van der Waals surface area contributed by atoms with Gasteiger partial charge in [0.1, 0.15) is 17.4 Å². The number of nitrogens with one attached hydrogen (secondary N) is 1. The molecule has 0 amide bonds. The van der Waals surface area contributed by atoms with Gasteiger partial charge in [-0.15, -0.1) is 0 Å². The average Bonchev–Trinajstić information content (AvgIpc) is 2.44. The molecular formula is C15H20N4O. The summed E-state index contributed by atoms with van der Waals surface area (Å²) in [5, 5.41) is 3.29. The molecule has 2 rings (SSSR count). The molecule has 1 aromatic carbocycles. The number of hydrogen-bond acceptors (Lipinski definition) is 5. The zero-order valence-corrected chi connectivity index (χ0v) is 12.1. The van der Waals surface area contributed by atoms with Gasteiger partial charge in [0.05, 0.1) is 7.11 Å². The van der Waals surface area contributed by atoms with Gasteiger partial charge in [-0.3, -0.25) is 0 Å². The maximum atomic E-state index is 5.81. The lowest BCUT2D eigenvalue weighted by Crippen LogP contribution is -2.06. The number of nitrogens with two attached hydrogens (primary N) is 1. The molecule has 0 aliphatic heterocycles. The van der Waals surface area contributed by atoms with Gasteiger partial charge in [-0.2, -0.15) is 0 Å². The molecule has 2 aromatic rings. The molecule has 0 saturated carbocycles. The van der Waals surface area contributed by atoms with E-state index in [0.717, 1.165) is 40.8 Å². The first-order valence-electron chi connectivity index (χ1n) is 6.63. The van der Waals surface area contributed by atoms with Crippen molar-refractivity contribution in [3.63, 3.8) is 0 Å². The first-order valence-corrected chi connectivity index (χ1v) is 6.63. The fraction of sp³-hybridized carbons (Fsp3) is 0.333. The summed E-state index contributed by atoms with van der Waals surface area (Å²) in [5.74, 6) is 2.40. The molecule has 0 unspecified atom stereocenters. The molecule has 0 aliphatic rings. The third-order valence-corrected chi connectivity index (χ3v) is 3.02. The summed E-state index contributed by atoms with van der Waals surface area (Å²) in [5.41, 5.74) is 8.56. The largest absolute Gasteiger partial charge is 0.496 e. The van der Waals surface area contributed by atoms with Crippen molar-refractivity contribution in [2.24, 2.45) is 0 Å². The molecule has 5 heteroatoms. The monoisotopic (exact) mass is 272 g/mol. The molecule has 0 radical (unpaired) electrons. The Morgan fingerprint density at radius 1 is 1.25 bits per heavy atom. The van der Waals surface area contributed by atoms with E-state index in [-0.39, 0.29) is 0 Å². The highest BCUT2D eigenvalue weighted by molar-refractivity contribution is 5.49. The standard InChI is InChI=1S/C15H20N4O/c1-4-13-8-15(19-10(2)18-13)17-9-11-7-12(16)5-6-14(11)20-3/h5-8H,4,9,16H2,1-3H3,(H,17,18,19). The second kappa shape index (κ2) is 6.23. The Morgan fingerprint density at radius 3 is 2.75 bits per heavy atom. The van der Waals surface area contributed by atoms with Crippen molar-refractivity contribution in [3.05, 3.63) is 41.3 Å². The Balaban J connectivity index is 2.16. The molecule has 0 aliphatic carbocycles. The molecule has 0 fully saturated rings. The number of aromatic nitrogens is 2. The van der Waals surface area contributed by atoms with E-state index in [4.69, 9.17) is 10.5 Å². The van der Waals surface area contributed by atoms with E-state index < -0.39 is 0 Å². The van der Waals surface area contributed by atoms with E-state index in [9.17, 15) is 0 Å². The zero-order chi connectivity index (χ0) is 14.5. The number of aryl methyl sites for hydroxylation is 2. The van der Waals surface area contributed by atoms with Crippen molar-refractivity contribution in [2.75, 3.05) is 18.2 Å². The summed E-state index contributed by atoms with van der Waals surface area (Å²) in [6.07, 6.45) is 0.889. The smallest absolute Gasteiger partial charge is 0.130 e. The van der Waals surface area contributed by atoms with Crippen LogP contribution in [0, 0.1) is 6.92 Å². The van der Waals surface area contributed by atoms with Crippen molar-refractivity contribution < 1.29 is 4.74 Å². The van der Waals surface area contributed by atoms with Crippen LogP contribution in [0.5, 0.6) is 5.75 Å². The van der Waals surface area contributed by atoms with Crippen LogP contribution in [-0.2, 0) is 13.0 Å². The minimum absolute atomic E-state index is 0.605. The van der Waals surface area contributed by atoms with Crippen molar-refractivity contribution in [3.8, 4) is 5.75 Å². The van der Waals surface area contributed by atoms with Crippen LogP contribution in [0.15, 0.2) is 24.3 Å². The maximum absolute atomic E-state index is 5.81. The van der Waals surface area contributed by atoms with Gasteiger partial charge >= 0.3 is 0 Å². The number of anilines is 2. The minimum Gasteiger partial charge on any atom is -0.496 e. The van der Waals surface area contributed by atoms with Crippen LogP contribution in [-0.4, -0.2) is 17.1 Å². The topological polar surface area (TPSA) is 73.1 Å². The second-order valence-electron chi connectivity index (χ2n) is 4.57. The third-order valence-electron chi connectivity index (χ3n) is 3.02. The summed E-state index contributed by atoms with van der Waals surface area (Å²) in [7, 11) is 1.65. The number of methoxy groups -OCH3 is 1. The van der Waals surface area contributed by atoms with Crippen molar-refractivity contribution in [1.82, 2.24) is 9.97 Å². The molecule has 0 atom stereocenters. The van der Waals surface area contributed by atoms with Crippen LogP contribution in [0.1, 0.15) is 24.0 Å². The molecule has 5 nitrogen and oxygen atoms in total. The van der Waals surface area contributed by atoms with Crippen LogP contribution in [0.2, 0.25) is 0 Å². The molecule has 106 valence electrons. The van der Waals surface area contributed by atoms with Gasteiger partial charge in [0.15, 0.2) is 0 Å². The van der Waals surface area contributed by atoms with Gasteiger partial charge in [0.2, 0.25) is 0 Å². The first-order chi connectivity index (χ1) is 9.62. The maximum Gasteiger partial charge on any atom is 0.130 e. The Hall–Kier alpha value is -2.30. The number of benzene rings is 1. The predicted molar refractivity (Wildman–Crippen MR) is 80.9 cm³/mol. The van der Waals surface area contributed by atoms with E-state index in [1.165, 1.54) is 0 Å². The van der Waals surface area contributed by atoms with Crippen LogP contribution >= 0.6 is 0 Å². The third kappa shape index (κ3) is 3.38. The summed E-state index contributed by atoms with van der Waals surface area (Å²) in [4.78, 5) is 8.74. The molecule has 20 heavy (non-hydrogen) atoms. The highest BCUT2D eigenvalue weighted by Gasteiger charge is 2.05. The SMILES string of the molecule is CCc1cc(NCc2cc(N)ccc2OC)nc(C)n1. The summed E-state index contributed by atoms with van der Waals surface area (Å²) >= 11 is 0. The van der Waals surface area contributed by atoms with E-state index in [2.05, 4.69) is 22.2 Å². The highest BCUT2D eigenvalue weighted by Crippen LogP contribution is 2.22. The molecule has 0 saturated heterocycles. The highest BCUT2D eigenvalue weighted by atomic mass is 16.5. The lowest BCUT2D eigenvalue weighted by molar-refractivity contribution is 0.410. The predicted octanol–water partition coefficient (Wildman–Crippen LogP) is 2.55. The zero-order valence-electron chi connectivity index (χ0n) is 12.1. The lowest BCUT2D eigenvalue weighted by Gasteiger charge is -2.11. The van der Waals surface area contributed by atoms with Crippen molar-refractivity contribution in [1.29, 1.82) is 0 Å². The van der Waals surface area contributed by atoms with Gasteiger partial charge in [0.25, 0.3) is 0 Å². The molecule has 1 aromatic heterocycles. The normalized spacial score (nSPS) is 10.3. The molecule has 0 spiro atoms. The summed E-state index contributed by atoms with van der Waals surface area (Å²) in [6, 6.07) is 7.56. The number of rotatable bonds is 5. The molecule has 3 N–H and O–H groups in total. The van der Waals surface area contributed by atoms with Crippen LogP contribution in [0.4, 0.5) is 11.5 Å². The van der Waals surface area contributed by atoms with Gasteiger partial charge in [0, 0.05) is 29.6 Å². The van der Waals surface area contributed by atoms with Gasteiger partial charge < -0.3 is 15.8 Å². The van der Waals surface area contributed by atoms with Crippen LogP contribution < -0.4 is 15.8 Å².